The van der Waals surface area contributed by atoms with Gasteiger partial charge in [-0.2, -0.15) is 0 Å². The first kappa shape index (κ1) is 20.4. The van der Waals surface area contributed by atoms with Gasteiger partial charge in [0.2, 0.25) is 0 Å². The van der Waals surface area contributed by atoms with Gasteiger partial charge >= 0.3 is 0 Å². The van der Waals surface area contributed by atoms with E-state index in [0.29, 0.717) is 11.8 Å². The number of likely N-dealkylation sites (tertiary alicyclic amines) is 1. The maximum absolute atomic E-state index is 5.34. The van der Waals surface area contributed by atoms with Crippen LogP contribution in [0.2, 0.25) is 0 Å². The lowest BCUT2D eigenvalue weighted by atomic mass is 9.89. The fourth-order valence-electron chi connectivity index (χ4n) is 4.02. The number of guanidine groups is 1. The number of rotatable bonds is 8. The van der Waals surface area contributed by atoms with Gasteiger partial charge in [-0.25, -0.2) is 0 Å². The molecule has 150 valence electrons. The molecular weight excluding hydrogens is 346 g/mol. The molecule has 1 N–H and O–H groups in total. The molecule has 4 nitrogen and oxygen atoms in total. The SMILES string of the molecule is CCNC(=NCCC(c1ccccc1)c1ccccc1)N1CCC(COC)C1. The van der Waals surface area contributed by atoms with Crippen LogP contribution in [-0.2, 0) is 4.74 Å². The van der Waals surface area contributed by atoms with Gasteiger partial charge in [-0.1, -0.05) is 60.7 Å². The predicted molar refractivity (Wildman–Crippen MR) is 117 cm³/mol. The van der Waals surface area contributed by atoms with Crippen LogP contribution in [0.3, 0.4) is 0 Å². The number of aliphatic imine (C=N–C) groups is 1. The van der Waals surface area contributed by atoms with Gasteiger partial charge in [-0.05, 0) is 30.9 Å². The van der Waals surface area contributed by atoms with Crippen molar-refractivity contribution in [2.24, 2.45) is 10.9 Å². The van der Waals surface area contributed by atoms with Crippen molar-refractivity contribution in [2.45, 2.75) is 25.7 Å². The third-order valence-electron chi connectivity index (χ3n) is 5.41. The molecule has 0 radical (unpaired) electrons. The van der Waals surface area contributed by atoms with Crippen molar-refractivity contribution in [3.63, 3.8) is 0 Å². The van der Waals surface area contributed by atoms with Crippen molar-refractivity contribution in [1.82, 2.24) is 10.2 Å². The molecule has 2 aromatic carbocycles. The minimum absolute atomic E-state index is 0.369. The number of benzene rings is 2. The third-order valence-corrected chi connectivity index (χ3v) is 5.41. The molecule has 1 fully saturated rings. The zero-order valence-corrected chi connectivity index (χ0v) is 17.2. The van der Waals surface area contributed by atoms with E-state index in [1.54, 1.807) is 7.11 Å². The number of hydrogen-bond acceptors (Lipinski definition) is 2. The number of ether oxygens (including phenoxy) is 1. The van der Waals surface area contributed by atoms with Gasteiger partial charge in [0, 0.05) is 45.1 Å². The molecule has 2 aromatic rings. The quantitative estimate of drug-likeness (QED) is 0.553. The third kappa shape index (κ3) is 5.59. The molecule has 0 aromatic heterocycles. The maximum Gasteiger partial charge on any atom is 0.193 e. The van der Waals surface area contributed by atoms with E-state index in [9.17, 15) is 0 Å². The van der Waals surface area contributed by atoms with E-state index in [4.69, 9.17) is 9.73 Å². The van der Waals surface area contributed by atoms with Crippen molar-refractivity contribution >= 4 is 5.96 Å². The number of methoxy groups -OCH3 is 1. The second-order valence-electron chi connectivity index (χ2n) is 7.45. The molecule has 3 rings (SSSR count). The summed E-state index contributed by atoms with van der Waals surface area (Å²) in [6, 6.07) is 21.6. The Morgan fingerprint density at radius 1 is 1.11 bits per heavy atom. The minimum Gasteiger partial charge on any atom is -0.384 e. The number of hydrogen-bond donors (Lipinski definition) is 1. The molecule has 1 aliphatic rings. The van der Waals surface area contributed by atoms with E-state index in [2.05, 4.69) is 77.8 Å². The van der Waals surface area contributed by atoms with Crippen LogP contribution in [0.4, 0.5) is 0 Å². The van der Waals surface area contributed by atoms with Gasteiger partial charge in [0.15, 0.2) is 5.96 Å². The van der Waals surface area contributed by atoms with Crippen molar-refractivity contribution in [1.29, 1.82) is 0 Å². The molecular formula is C24H33N3O. The summed E-state index contributed by atoms with van der Waals surface area (Å²) in [6.45, 7) is 6.75. The number of nitrogens with zero attached hydrogens (tertiary/aromatic N) is 2. The van der Waals surface area contributed by atoms with Crippen molar-refractivity contribution in [3.05, 3.63) is 71.8 Å². The van der Waals surface area contributed by atoms with Crippen molar-refractivity contribution in [2.75, 3.05) is 39.9 Å². The smallest absolute Gasteiger partial charge is 0.193 e. The van der Waals surface area contributed by atoms with Gasteiger partial charge in [0.1, 0.15) is 0 Å². The molecule has 0 saturated carbocycles. The Kier molecular flexibility index (Phi) is 7.92. The molecule has 1 unspecified atom stereocenters. The van der Waals surface area contributed by atoms with Gasteiger partial charge < -0.3 is 15.0 Å². The van der Waals surface area contributed by atoms with E-state index < -0.39 is 0 Å². The molecule has 0 bridgehead atoms. The first-order chi connectivity index (χ1) is 13.8. The minimum atomic E-state index is 0.369. The second-order valence-corrected chi connectivity index (χ2v) is 7.45. The summed E-state index contributed by atoms with van der Waals surface area (Å²) >= 11 is 0. The van der Waals surface area contributed by atoms with Crippen LogP contribution in [0.25, 0.3) is 0 Å². The zero-order chi connectivity index (χ0) is 19.6. The monoisotopic (exact) mass is 379 g/mol. The first-order valence-electron chi connectivity index (χ1n) is 10.4. The van der Waals surface area contributed by atoms with E-state index in [1.165, 1.54) is 17.5 Å². The molecule has 1 aliphatic heterocycles. The molecule has 1 atom stereocenters. The average molecular weight is 380 g/mol. The summed E-state index contributed by atoms with van der Waals surface area (Å²) in [6.07, 6.45) is 2.17. The lowest BCUT2D eigenvalue weighted by Crippen LogP contribution is -2.40. The van der Waals surface area contributed by atoms with Crippen LogP contribution < -0.4 is 5.32 Å². The Morgan fingerprint density at radius 2 is 1.75 bits per heavy atom. The molecule has 0 aliphatic carbocycles. The standard InChI is InChI=1S/C24H33N3O/c1-3-25-24(27-17-15-20(18-27)19-28-2)26-16-14-23(21-10-6-4-7-11-21)22-12-8-5-9-13-22/h4-13,20,23H,3,14-19H2,1-2H3,(H,25,26). The molecule has 0 amide bonds. The van der Waals surface area contributed by atoms with Gasteiger partial charge in [0.05, 0.1) is 6.61 Å². The van der Waals surface area contributed by atoms with E-state index in [0.717, 1.165) is 45.2 Å². The average Bonchev–Trinajstić information content (AvgIpc) is 3.20. The molecule has 0 spiro atoms. The Morgan fingerprint density at radius 3 is 2.32 bits per heavy atom. The van der Waals surface area contributed by atoms with Crippen molar-refractivity contribution in [3.8, 4) is 0 Å². The largest absolute Gasteiger partial charge is 0.384 e. The van der Waals surface area contributed by atoms with E-state index in [-0.39, 0.29) is 0 Å². The van der Waals surface area contributed by atoms with Gasteiger partial charge in [0.25, 0.3) is 0 Å². The summed E-state index contributed by atoms with van der Waals surface area (Å²) in [5, 5.41) is 3.48. The lowest BCUT2D eigenvalue weighted by molar-refractivity contribution is 0.157. The second kappa shape index (κ2) is 10.9. The fraction of sp³-hybridized carbons (Fsp3) is 0.458. The topological polar surface area (TPSA) is 36.9 Å². The van der Waals surface area contributed by atoms with Crippen LogP contribution in [-0.4, -0.2) is 50.8 Å². The van der Waals surface area contributed by atoms with Crippen LogP contribution >= 0.6 is 0 Å². The van der Waals surface area contributed by atoms with Crippen LogP contribution in [0.1, 0.15) is 36.8 Å². The Hall–Kier alpha value is -2.33. The van der Waals surface area contributed by atoms with E-state index in [1.807, 2.05) is 0 Å². The van der Waals surface area contributed by atoms with E-state index >= 15 is 0 Å². The highest BCUT2D eigenvalue weighted by Crippen LogP contribution is 2.28. The highest BCUT2D eigenvalue weighted by atomic mass is 16.5. The molecule has 1 heterocycles. The van der Waals surface area contributed by atoms with Gasteiger partial charge in [-0.15, -0.1) is 0 Å². The van der Waals surface area contributed by atoms with Gasteiger partial charge in [-0.3, -0.25) is 4.99 Å². The highest BCUT2D eigenvalue weighted by molar-refractivity contribution is 5.80. The Bertz CT molecular complexity index is 678. The van der Waals surface area contributed by atoms with Crippen LogP contribution in [0, 0.1) is 5.92 Å². The lowest BCUT2D eigenvalue weighted by Gasteiger charge is -2.22. The molecule has 28 heavy (non-hydrogen) atoms. The first-order valence-corrected chi connectivity index (χ1v) is 10.4. The molecule has 1 saturated heterocycles. The number of nitrogens with one attached hydrogen (secondary N) is 1. The summed E-state index contributed by atoms with van der Waals surface area (Å²) < 4.78 is 5.34. The summed E-state index contributed by atoms with van der Waals surface area (Å²) in [7, 11) is 1.79. The van der Waals surface area contributed by atoms with Crippen LogP contribution in [0.15, 0.2) is 65.7 Å². The summed E-state index contributed by atoms with van der Waals surface area (Å²) in [5.74, 6) is 2.02. The normalized spacial score (nSPS) is 17.3. The highest BCUT2D eigenvalue weighted by Gasteiger charge is 2.24. The van der Waals surface area contributed by atoms with Crippen LogP contribution in [0.5, 0.6) is 0 Å². The maximum atomic E-state index is 5.34. The Labute approximate surface area is 169 Å². The zero-order valence-electron chi connectivity index (χ0n) is 17.2. The molecule has 4 heteroatoms. The summed E-state index contributed by atoms with van der Waals surface area (Å²) in [4.78, 5) is 7.35. The predicted octanol–water partition coefficient (Wildman–Crippen LogP) is 4.14. The Balaban J connectivity index is 1.69. The fourth-order valence-corrected chi connectivity index (χ4v) is 4.02. The van der Waals surface area contributed by atoms with Crippen molar-refractivity contribution < 1.29 is 4.74 Å². The summed E-state index contributed by atoms with van der Waals surface area (Å²) in [5.41, 5.74) is 2.71.